The maximum absolute atomic E-state index is 13.4. The second kappa shape index (κ2) is 6.47. The van der Waals surface area contributed by atoms with E-state index < -0.39 is 16.9 Å². The van der Waals surface area contributed by atoms with Crippen LogP contribution in [0.15, 0.2) is 48.5 Å². The highest BCUT2D eigenvalue weighted by molar-refractivity contribution is 6.24. The summed E-state index contributed by atoms with van der Waals surface area (Å²) in [6.45, 7) is 3.59. The zero-order valence-electron chi connectivity index (χ0n) is 15.9. The molecule has 3 saturated heterocycles. The molecule has 8 nitrogen and oxygen atoms in total. The lowest BCUT2D eigenvalue weighted by molar-refractivity contribution is -0.384. The molecule has 8 heteroatoms. The number of non-ortho nitro benzene ring substituents is 1. The Morgan fingerprint density at radius 2 is 1.52 bits per heavy atom. The average molecular weight is 392 g/mol. The van der Waals surface area contributed by atoms with Gasteiger partial charge in [0.1, 0.15) is 6.04 Å². The average Bonchev–Trinajstić information content (AvgIpc) is 3.35. The topological polar surface area (TPSA) is 87.0 Å². The van der Waals surface area contributed by atoms with E-state index in [9.17, 15) is 19.7 Å². The number of hydrazine groups is 1. The minimum absolute atomic E-state index is 0.0729. The van der Waals surface area contributed by atoms with E-state index in [0.717, 1.165) is 30.6 Å². The van der Waals surface area contributed by atoms with Gasteiger partial charge in [0, 0.05) is 25.2 Å². The fourth-order valence-corrected chi connectivity index (χ4v) is 4.85. The van der Waals surface area contributed by atoms with E-state index in [1.165, 1.54) is 29.2 Å². The first-order chi connectivity index (χ1) is 14.0. The van der Waals surface area contributed by atoms with Gasteiger partial charge < -0.3 is 0 Å². The summed E-state index contributed by atoms with van der Waals surface area (Å²) in [4.78, 5) is 38.3. The Labute approximate surface area is 167 Å². The number of carbonyl (C=O) groups excluding carboxylic acids is 2. The van der Waals surface area contributed by atoms with Crippen LogP contribution >= 0.6 is 0 Å². The molecule has 2 aromatic rings. The van der Waals surface area contributed by atoms with Gasteiger partial charge in [0.25, 0.3) is 11.6 Å². The number of imide groups is 1. The molecular formula is C21H20N4O4. The van der Waals surface area contributed by atoms with Crippen molar-refractivity contribution in [2.45, 2.75) is 25.4 Å². The molecule has 0 radical (unpaired) electrons. The van der Waals surface area contributed by atoms with Crippen molar-refractivity contribution in [2.24, 2.45) is 5.92 Å². The van der Waals surface area contributed by atoms with E-state index in [4.69, 9.17) is 0 Å². The quantitative estimate of drug-likeness (QED) is 0.453. The predicted octanol–water partition coefficient (Wildman–Crippen LogP) is 2.44. The van der Waals surface area contributed by atoms with Gasteiger partial charge in [-0.3, -0.25) is 19.7 Å². The molecule has 29 heavy (non-hydrogen) atoms. The number of hydrogen-bond acceptors (Lipinski definition) is 6. The zero-order valence-corrected chi connectivity index (χ0v) is 15.9. The molecule has 3 aliphatic rings. The molecule has 2 aromatic carbocycles. The molecule has 0 N–H and O–H groups in total. The first kappa shape index (κ1) is 18.0. The summed E-state index contributed by atoms with van der Waals surface area (Å²) in [5, 5.41) is 15.1. The number of nitro groups is 1. The second-order valence-electron chi connectivity index (χ2n) is 7.79. The molecule has 5 rings (SSSR count). The summed E-state index contributed by atoms with van der Waals surface area (Å²) in [6.07, 6.45) is 0.949. The Morgan fingerprint density at radius 1 is 0.897 bits per heavy atom. The number of rotatable bonds is 3. The van der Waals surface area contributed by atoms with Crippen molar-refractivity contribution in [3.05, 3.63) is 69.8 Å². The molecule has 0 aromatic heterocycles. The van der Waals surface area contributed by atoms with Crippen LogP contribution in [0, 0.1) is 23.0 Å². The minimum atomic E-state index is -0.522. The summed E-state index contributed by atoms with van der Waals surface area (Å²) in [7, 11) is 0. The van der Waals surface area contributed by atoms with Gasteiger partial charge in [0.05, 0.1) is 22.6 Å². The molecule has 0 spiro atoms. The van der Waals surface area contributed by atoms with E-state index in [-0.39, 0.29) is 23.5 Å². The lowest BCUT2D eigenvalue weighted by atomic mass is 9.89. The van der Waals surface area contributed by atoms with Crippen molar-refractivity contribution >= 4 is 23.2 Å². The molecule has 0 aliphatic carbocycles. The van der Waals surface area contributed by atoms with Gasteiger partial charge in [0.2, 0.25) is 5.91 Å². The molecule has 2 amide bonds. The van der Waals surface area contributed by atoms with Crippen molar-refractivity contribution in [2.75, 3.05) is 18.0 Å². The fraction of sp³-hybridized carbons (Fsp3) is 0.333. The Hall–Kier alpha value is -3.10. The normalized spacial score (nSPS) is 26.8. The third-order valence-corrected chi connectivity index (χ3v) is 6.14. The van der Waals surface area contributed by atoms with Crippen LogP contribution in [0.1, 0.15) is 23.6 Å². The number of nitrogens with zero attached hydrogens (tertiary/aromatic N) is 4. The fourth-order valence-electron chi connectivity index (χ4n) is 4.85. The van der Waals surface area contributed by atoms with Crippen LogP contribution in [0.2, 0.25) is 0 Å². The van der Waals surface area contributed by atoms with Crippen LogP contribution in [-0.2, 0) is 9.59 Å². The first-order valence-electron chi connectivity index (χ1n) is 9.69. The molecule has 0 saturated carbocycles. The van der Waals surface area contributed by atoms with E-state index in [2.05, 4.69) is 5.01 Å². The molecule has 3 heterocycles. The minimum Gasteiger partial charge on any atom is -0.274 e. The largest absolute Gasteiger partial charge is 0.274 e. The monoisotopic (exact) mass is 392 g/mol. The number of fused-ring (bicyclic) bond motifs is 3. The van der Waals surface area contributed by atoms with E-state index in [1.807, 2.05) is 36.2 Å². The first-order valence-corrected chi connectivity index (χ1v) is 9.69. The smallest absolute Gasteiger partial charge is 0.269 e. The lowest BCUT2D eigenvalue weighted by Crippen LogP contribution is -2.44. The van der Waals surface area contributed by atoms with Crippen LogP contribution in [0.4, 0.5) is 11.4 Å². The molecule has 3 fully saturated rings. The molecule has 3 atom stereocenters. The van der Waals surface area contributed by atoms with E-state index in [0.29, 0.717) is 5.69 Å². The van der Waals surface area contributed by atoms with Crippen molar-refractivity contribution in [1.82, 2.24) is 10.0 Å². The maximum Gasteiger partial charge on any atom is 0.269 e. The van der Waals surface area contributed by atoms with Gasteiger partial charge in [-0.25, -0.2) is 14.9 Å². The van der Waals surface area contributed by atoms with Gasteiger partial charge in [-0.15, -0.1) is 0 Å². The highest BCUT2D eigenvalue weighted by Gasteiger charge is 2.62. The second-order valence-corrected chi connectivity index (χ2v) is 7.79. The maximum atomic E-state index is 13.4. The van der Waals surface area contributed by atoms with Gasteiger partial charge >= 0.3 is 0 Å². The number of carbonyl (C=O) groups is 2. The van der Waals surface area contributed by atoms with Gasteiger partial charge in [-0.05, 0) is 31.0 Å². The third kappa shape index (κ3) is 2.60. The van der Waals surface area contributed by atoms with Crippen molar-refractivity contribution in [3.8, 4) is 0 Å². The van der Waals surface area contributed by atoms with Gasteiger partial charge in [-0.2, -0.15) is 0 Å². The SMILES string of the molecule is Cc1ccc([C@H]2[C@H]3C(=O)N(c4ccc([N+](=O)[O-])cc4)C(=O)[C@@H]3N3CCCN23)cc1. The number of hydrogen-bond donors (Lipinski definition) is 0. The van der Waals surface area contributed by atoms with Gasteiger partial charge in [0.15, 0.2) is 0 Å². The Bertz CT molecular complexity index is 1000. The number of amides is 2. The standard InChI is InChI=1S/C21H20N4O4/c1-13-3-5-14(6-4-13)18-17-19(23-12-2-11-22(18)23)21(27)24(20(17)26)15-7-9-16(10-8-15)25(28)29/h3-10,17-19H,2,11-12H2,1H3/t17-,18+,19-/m1/s1. The van der Waals surface area contributed by atoms with Crippen LogP contribution in [0.25, 0.3) is 0 Å². The highest BCUT2D eigenvalue weighted by atomic mass is 16.6. The molecule has 3 aliphatic heterocycles. The Balaban J connectivity index is 1.54. The third-order valence-electron chi connectivity index (χ3n) is 6.14. The molecular weight excluding hydrogens is 372 g/mol. The Morgan fingerprint density at radius 3 is 2.14 bits per heavy atom. The van der Waals surface area contributed by atoms with Gasteiger partial charge in [-0.1, -0.05) is 29.8 Å². The van der Waals surface area contributed by atoms with Crippen molar-refractivity contribution in [3.63, 3.8) is 0 Å². The predicted molar refractivity (Wildman–Crippen MR) is 105 cm³/mol. The van der Waals surface area contributed by atoms with E-state index in [1.54, 1.807) is 0 Å². The molecule has 0 unspecified atom stereocenters. The zero-order chi connectivity index (χ0) is 20.3. The van der Waals surface area contributed by atoms with Crippen LogP contribution in [-0.4, -0.2) is 45.9 Å². The molecule has 148 valence electrons. The molecule has 0 bridgehead atoms. The number of aryl methyl sites for hydroxylation is 1. The summed E-state index contributed by atoms with van der Waals surface area (Å²) in [5.41, 5.74) is 2.48. The lowest BCUT2D eigenvalue weighted by Gasteiger charge is -2.29. The summed E-state index contributed by atoms with van der Waals surface area (Å²) < 4.78 is 0. The summed E-state index contributed by atoms with van der Waals surface area (Å²) in [6, 6.07) is 13.0. The van der Waals surface area contributed by atoms with Crippen LogP contribution in [0.3, 0.4) is 0 Å². The Kier molecular flexibility index (Phi) is 4.01. The van der Waals surface area contributed by atoms with E-state index >= 15 is 0 Å². The van der Waals surface area contributed by atoms with Crippen molar-refractivity contribution < 1.29 is 14.5 Å². The number of anilines is 1. The van der Waals surface area contributed by atoms with Crippen molar-refractivity contribution in [1.29, 1.82) is 0 Å². The number of benzene rings is 2. The highest BCUT2D eigenvalue weighted by Crippen LogP contribution is 2.48. The van der Waals surface area contributed by atoms with Crippen LogP contribution in [0.5, 0.6) is 0 Å². The summed E-state index contributed by atoms with van der Waals surface area (Å²) >= 11 is 0. The summed E-state index contributed by atoms with van der Waals surface area (Å²) in [5.74, 6) is -0.982. The van der Waals surface area contributed by atoms with Crippen LogP contribution < -0.4 is 4.90 Å². The number of nitro benzene ring substituents is 1.